The summed E-state index contributed by atoms with van der Waals surface area (Å²) in [6.45, 7) is 5.28. The molecular formula is C13H22N6. The summed E-state index contributed by atoms with van der Waals surface area (Å²) in [6.07, 6.45) is 2.46. The lowest BCUT2D eigenvalue weighted by atomic mass is 9.97. The minimum Gasteiger partial charge on any atom is -0.369 e. The molecule has 104 valence electrons. The summed E-state index contributed by atoms with van der Waals surface area (Å²) in [6, 6.07) is 0. The van der Waals surface area contributed by atoms with Crippen molar-refractivity contribution in [3.8, 4) is 0 Å². The fraction of sp³-hybridized carbons (Fsp3) is 0.692. The van der Waals surface area contributed by atoms with Crippen LogP contribution < -0.4 is 5.73 Å². The smallest absolute Gasteiger partial charge is 0.202 e. The van der Waals surface area contributed by atoms with Crippen molar-refractivity contribution in [2.45, 2.75) is 26.3 Å². The first-order chi connectivity index (χ1) is 9.06. The van der Waals surface area contributed by atoms with Gasteiger partial charge in [0.2, 0.25) is 5.95 Å². The molecule has 0 spiro atoms. The second-order valence-electron chi connectivity index (χ2n) is 5.71. The Morgan fingerprint density at radius 1 is 1.26 bits per heavy atom. The Hall–Kier alpha value is -1.56. The van der Waals surface area contributed by atoms with Crippen molar-refractivity contribution in [1.82, 2.24) is 24.2 Å². The number of aryl methyl sites for hydroxylation is 2. The standard InChI is InChI=1S/C13H22N6/c1-9-11-12(18(3)16-9)19(13(14)15-11)8-10-4-6-17(2)7-5-10/h10H,4-8H2,1-3H3,(H2,14,15). The normalized spacial score (nSPS) is 18.5. The van der Waals surface area contributed by atoms with Gasteiger partial charge >= 0.3 is 0 Å². The van der Waals surface area contributed by atoms with Gasteiger partial charge in [-0.15, -0.1) is 0 Å². The van der Waals surface area contributed by atoms with Gasteiger partial charge in [-0.1, -0.05) is 0 Å². The van der Waals surface area contributed by atoms with Crippen LogP contribution in [0.3, 0.4) is 0 Å². The third kappa shape index (κ3) is 2.10. The maximum absolute atomic E-state index is 6.08. The highest BCUT2D eigenvalue weighted by atomic mass is 15.3. The number of nitrogen functional groups attached to an aromatic ring is 1. The highest BCUT2D eigenvalue weighted by molar-refractivity contribution is 5.77. The number of aromatic nitrogens is 4. The van der Waals surface area contributed by atoms with E-state index in [1.54, 1.807) is 0 Å². The van der Waals surface area contributed by atoms with Gasteiger partial charge in [-0.05, 0) is 45.8 Å². The van der Waals surface area contributed by atoms with Gasteiger partial charge in [0.15, 0.2) is 5.65 Å². The number of nitrogens with two attached hydrogens (primary N) is 1. The van der Waals surface area contributed by atoms with Gasteiger partial charge in [0, 0.05) is 13.6 Å². The monoisotopic (exact) mass is 262 g/mol. The van der Waals surface area contributed by atoms with Crippen LogP contribution >= 0.6 is 0 Å². The number of nitrogens with zero attached hydrogens (tertiary/aromatic N) is 5. The summed E-state index contributed by atoms with van der Waals surface area (Å²) < 4.78 is 4.02. The van der Waals surface area contributed by atoms with Crippen molar-refractivity contribution < 1.29 is 0 Å². The molecule has 1 fully saturated rings. The zero-order valence-corrected chi connectivity index (χ0v) is 11.9. The fourth-order valence-corrected chi connectivity index (χ4v) is 3.03. The van der Waals surface area contributed by atoms with Crippen LogP contribution in [-0.4, -0.2) is 44.4 Å². The minimum absolute atomic E-state index is 0.616. The molecule has 0 atom stereocenters. The zero-order valence-electron chi connectivity index (χ0n) is 11.9. The summed E-state index contributed by atoms with van der Waals surface area (Å²) in [5.74, 6) is 1.30. The molecule has 0 aromatic carbocycles. The molecule has 1 aliphatic rings. The molecule has 6 nitrogen and oxygen atoms in total. The maximum Gasteiger partial charge on any atom is 0.202 e. The van der Waals surface area contributed by atoms with Crippen molar-refractivity contribution in [2.24, 2.45) is 13.0 Å². The molecular weight excluding hydrogens is 240 g/mol. The Labute approximate surface area is 113 Å². The van der Waals surface area contributed by atoms with Gasteiger partial charge in [0.05, 0.1) is 5.69 Å². The first-order valence-electron chi connectivity index (χ1n) is 6.90. The van der Waals surface area contributed by atoms with Gasteiger partial charge in [-0.25, -0.2) is 4.98 Å². The van der Waals surface area contributed by atoms with E-state index in [-0.39, 0.29) is 0 Å². The first-order valence-corrected chi connectivity index (χ1v) is 6.90. The van der Waals surface area contributed by atoms with Crippen LogP contribution in [0.1, 0.15) is 18.5 Å². The molecule has 0 unspecified atom stereocenters. The molecule has 3 rings (SSSR count). The third-order valence-electron chi connectivity index (χ3n) is 4.20. The number of anilines is 1. The van der Waals surface area contributed by atoms with Gasteiger partial charge in [-0.2, -0.15) is 5.10 Å². The number of rotatable bonds is 2. The molecule has 2 aromatic rings. The van der Waals surface area contributed by atoms with Crippen molar-refractivity contribution in [1.29, 1.82) is 0 Å². The van der Waals surface area contributed by atoms with E-state index in [0.29, 0.717) is 11.9 Å². The molecule has 2 aromatic heterocycles. The molecule has 6 heteroatoms. The third-order valence-corrected chi connectivity index (χ3v) is 4.20. The topological polar surface area (TPSA) is 64.9 Å². The number of hydrogen-bond acceptors (Lipinski definition) is 4. The summed E-state index contributed by atoms with van der Waals surface area (Å²) in [5, 5.41) is 4.43. The predicted molar refractivity (Wildman–Crippen MR) is 75.9 cm³/mol. The van der Waals surface area contributed by atoms with Crippen molar-refractivity contribution >= 4 is 17.1 Å². The van der Waals surface area contributed by atoms with Crippen LogP contribution in [0, 0.1) is 12.8 Å². The Balaban J connectivity index is 1.90. The van der Waals surface area contributed by atoms with E-state index in [4.69, 9.17) is 5.73 Å². The fourth-order valence-electron chi connectivity index (χ4n) is 3.03. The molecule has 0 aliphatic carbocycles. The number of piperidine rings is 1. The van der Waals surface area contributed by atoms with Crippen LogP contribution in [-0.2, 0) is 13.6 Å². The van der Waals surface area contributed by atoms with Crippen LogP contribution in [0.4, 0.5) is 5.95 Å². The van der Waals surface area contributed by atoms with Crippen LogP contribution in [0.25, 0.3) is 11.2 Å². The van der Waals surface area contributed by atoms with Crippen LogP contribution in [0.2, 0.25) is 0 Å². The molecule has 0 amide bonds. The summed E-state index contributed by atoms with van der Waals surface area (Å²) in [7, 11) is 4.14. The molecule has 3 heterocycles. The lowest BCUT2D eigenvalue weighted by Crippen LogP contribution is -2.32. The molecule has 19 heavy (non-hydrogen) atoms. The van der Waals surface area contributed by atoms with Gasteiger partial charge < -0.3 is 10.6 Å². The van der Waals surface area contributed by atoms with E-state index < -0.39 is 0 Å². The average molecular weight is 262 g/mol. The number of imidazole rings is 1. The Morgan fingerprint density at radius 2 is 1.95 bits per heavy atom. The highest BCUT2D eigenvalue weighted by Gasteiger charge is 2.21. The Bertz CT molecular complexity index is 588. The summed E-state index contributed by atoms with van der Waals surface area (Å²) in [4.78, 5) is 6.85. The van der Waals surface area contributed by atoms with Gasteiger partial charge in [-0.3, -0.25) is 9.25 Å². The van der Waals surface area contributed by atoms with E-state index in [9.17, 15) is 0 Å². The number of likely N-dealkylation sites (tertiary alicyclic amines) is 1. The second kappa shape index (κ2) is 4.52. The SMILES string of the molecule is Cc1nn(C)c2c1nc(N)n2CC1CCN(C)CC1. The van der Waals surface area contributed by atoms with Crippen molar-refractivity contribution in [2.75, 3.05) is 25.9 Å². The number of hydrogen-bond donors (Lipinski definition) is 1. The lowest BCUT2D eigenvalue weighted by molar-refractivity contribution is 0.206. The molecule has 0 bridgehead atoms. The first kappa shape index (κ1) is 12.5. The predicted octanol–water partition coefficient (Wildman–Crippen LogP) is 1.00. The summed E-state index contributed by atoms with van der Waals surface area (Å²) in [5.41, 5.74) is 9.02. The molecule has 2 N–H and O–H groups in total. The Morgan fingerprint density at radius 3 is 2.63 bits per heavy atom. The van der Waals surface area contributed by atoms with Gasteiger partial charge in [0.1, 0.15) is 5.52 Å². The largest absolute Gasteiger partial charge is 0.369 e. The van der Waals surface area contributed by atoms with E-state index in [0.717, 1.165) is 23.4 Å². The van der Waals surface area contributed by atoms with Crippen LogP contribution in [0.5, 0.6) is 0 Å². The van der Waals surface area contributed by atoms with E-state index in [2.05, 4.69) is 26.6 Å². The molecule has 0 saturated carbocycles. The maximum atomic E-state index is 6.08. The van der Waals surface area contributed by atoms with Crippen molar-refractivity contribution in [3.63, 3.8) is 0 Å². The van der Waals surface area contributed by atoms with Gasteiger partial charge in [0.25, 0.3) is 0 Å². The van der Waals surface area contributed by atoms with E-state index in [1.807, 2.05) is 18.7 Å². The lowest BCUT2D eigenvalue weighted by Gasteiger charge is -2.29. The van der Waals surface area contributed by atoms with Crippen LogP contribution in [0.15, 0.2) is 0 Å². The zero-order chi connectivity index (χ0) is 13.6. The quantitative estimate of drug-likeness (QED) is 0.877. The molecule has 1 aliphatic heterocycles. The average Bonchev–Trinajstić information content (AvgIpc) is 2.82. The second-order valence-corrected chi connectivity index (χ2v) is 5.71. The van der Waals surface area contributed by atoms with Crippen molar-refractivity contribution in [3.05, 3.63) is 5.69 Å². The molecule has 0 radical (unpaired) electrons. The minimum atomic E-state index is 0.616. The Kier molecular flexibility index (Phi) is 2.97. The molecule has 1 saturated heterocycles. The van der Waals surface area contributed by atoms with E-state index in [1.165, 1.54) is 25.9 Å². The number of fused-ring (bicyclic) bond motifs is 1. The summed E-state index contributed by atoms with van der Waals surface area (Å²) >= 11 is 0. The highest BCUT2D eigenvalue weighted by Crippen LogP contribution is 2.25. The van der Waals surface area contributed by atoms with E-state index >= 15 is 0 Å².